The zero-order chi connectivity index (χ0) is 27.8. The molecule has 0 aliphatic carbocycles. The summed E-state index contributed by atoms with van der Waals surface area (Å²) in [6, 6.07) is 19.7. The number of carbonyl (C=O) groups excluding carboxylic acids is 2. The Balaban J connectivity index is 1.28. The van der Waals surface area contributed by atoms with Crippen molar-refractivity contribution >= 4 is 33.7 Å². The average Bonchev–Trinajstić information content (AvgIpc) is 2.97. The summed E-state index contributed by atoms with van der Waals surface area (Å²) >= 11 is 0. The Morgan fingerprint density at radius 1 is 1.00 bits per heavy atom. The highest BCUT2D eigenvalue weighted by Gasteiger charge is 2.21. The minimum absolute atomic E-state index is 0.0457. The highest BCUT2D eigenvalue weighted by atomic mass is 32.2. The highest BCUT2D eigenvalue weighted by Crippen LogP contribution is 2.22. The van der Waals surface area contributed by atoms with E-state index in [-0.39, 0.29) is 17.4 Å². The molecule has 10 nitrogen and oxygen atoms in total. The molecule has 1 heterocycles. The van der Waals surface area contributed by atoms with Crippen LogP contribution in [0.2, 0.25) is 0 Å². The van der Waals surface area contributed by atoms with Gasteiger partial charge in [-0.2, -0.15) is 5.10 Å². The summed E-state index contributed by atoms with van der Waals surface area (Å²) in [5.41, 5.74) is 4.89. The summed E-state index contributed by atoms with van der Waals surface area (Å²) in [6.07, 6.45) is 1.48. The second kappa shape index (κ2) is 12.5. The molecule has 4 rings (SSSR count). The monoisotopic (exact) mass is 550 g/mol. The van der Waals surface area contributed by atoms with E-state index in [9.17, 15) is 18.0 Å². The first-order chi connectivity index (χ1) is 18.7. The number of ether oxygens (including phenoxy) is 2. The molecule has 0 aromatic heterocycles. The molecule has 39 heavy (non-hydrogen) atoms. The van der Waals surface area contributed by atoms with Gasteiger partial charge in [-0.3, -0.25) is 13.9 Å². The number of carbonyl (C=O) groups is 2. The number of aryl methyl sites for hydroxylation is 1. The summed E-state index contributed by atoms with van der Waals surface area (Å²) in [5, 5.41) is 3.98. The van der Waals surface area contributed by atoms with Crippen LogP contribution in [-0.4, -0.2) is 71.3 Å². The summed E-state index contributed by atoms with van der Waals surface area (Å²) in [4.78, 5) is 26.6. The van der Waals surface area contributed by atoms with Crippen LogP contribution >= 0.6 is 0 Å². The number of amides is 2. The Kier molecular flexibility index (Phi) is 8.95. The molecule has 1 aliphatic rings. The lowest BCUT2D eigenvalue weighted by molar-refractivity contribution is -0.137. The topological polar surface area (TPSA) is 118 Å². The molecule has 3 aromatic rings. The number of nitrogens with zero attached hydrogens (tertiary/aromatic N) is 3. The quantitative estimate of drug-likeness (QED) is 0.323. The van der Waals surface area contributed by atoms with Gasteiger partial charge in [0.2, 0.25) is 0 Å². The van der Waals surface area contributed by atoms with Crippen molar-refractivity contribution in [3.8, 4) is 5.75 Å². The lowest BCUT2D eigenvalue weighted by atomic mass is 10.2. The number of hydrazone groups is 1. The molecule has 0 bridgehead atoms. The maximum atomic E-state index is 12.9. The smallest absolute Gasteiger partial charge is 0.271 e. The van der Waals surface area contributed by atoms with E-state index in [0.717, 1.165) is 11.1 Å². The first-order valence-electron chi connectivity index (χ1n) is 12.3. The fourth-order valence-electron chi connectivity index (χ4n) is 3.76. The van der Waals surface area contributed by atoms with Gasteiger partial charge in [0.25, 0.3) is 21.8 Å². The van der Waals surface area contributed by atoms with Gasteiger partial charge in [-0.15, -0.1) is 0 Å². The van der Waals surface area contributed by atoms with E-state index in [0.29, 0.717) is 43.3 Å². The standard InChI is InChI=1S/C28H30N4O6S/c1-21-3-13-26(14-4-21)39(35,36)31(2)24-9-7-23(8-10-24)28(34)30-29-19-22-5-11-25(12-6-22)38-20-27(33)32-15-17-37-18-16-32/h3-14,19H,15-18,20H2,1-2H3,(H,30,34)/b29-19-. The number of nitrogens with one attached hydrogen (secondary N) is 1. The van der Waals surface area contributed by atoms with Crippen LogP contribution in [0.15, 0.2) is 82.8 Å². The molecule has 204 valence electrons. The van der Waals surface area contributed by atoms with Crippen LogP contribution < -0.4 is 14.5 Å². The second-order valence-corrected chi connectivity index (χ2v) is 10.9. The Bertz CT molecular complexity index is 1420. The zero-order valence-electron chi connectivity index (χ0n) is 21.7. The SMILES string of the molecule is Cc1ccc(S(=O)(=O)N(C)c2ccc(C(=O)N/N=C\c3ccc(OCC(=O)N4CCOCC4)cc3)cc2)cc1. The minimum atomic E-state index is -3.73. The largest absolute Gasteiger partial charge is 0.484 e. The zero-order valence-corrected chi connectivity index (χ0v) is 22.6. The van der Waals surface area contributed by atoms with Gasteiger partial charge >= 0.3 is 0 Å². The van der Waals surface area contributed by atoms with Crippen LogP contribution in [0.5, 0.6) is 5.75 Å². The number of hydrogen-bond acceptors (Lipinski definition) is 7. The van der Waals surface area contributed by atoms with E-state index in [1.807, 2.05) is 6.92 Å². The molecular formula is C28H30N4O6S. The summed E-state index contributed by atoms with van der Waals surface area (Å²) < 4.78 is 37.8. The third-order valence-electron chi connectivity index (χ3n) is 6.16. The first-order valence-corrected chi connectivity index (χ1v) is 13.8. The number of hydrogen-bond donors (Lipinski definition) is 1. The molecule has 11 heteroatoms. The Labute approximate surface area is 227 Å². The highest BCUT2D eigenvalue weighted by molar-refractivity contribution is 7.92. The third kappa shape index (κ3) is 7.21. The van der Waals surface area contributed by atoms with Gasteiger partial charge in [0.05, 0.1) is 30.0 Å². The minimum Gasteiger partial charge on any atom is -0.484 e. The summed E-state index contributed by atoms with van der Waals surface area (Å²) in [7, 11) is -2.26. The third-order valence-corrected chi connectivity index (χ3v) is 7.96. The Morgan fingerprint density at radius 3 is 2.28 bits per heavy atom. The average molecular weight is 551 g/mol. The van der Waals surface area contributed by atoms with Crippen LogP contribution in [-0.2, 0) is 19.6 Å². The van der Waals surface area contributed by atoms with Crippen molar-refractivity contribution in [1.82, 2.24) is 10.3 Å². The van der Waals surface area contributed by atoms with Crippen molar-refractivity contribution in [2.45, 2.75) is 11.8 Å². The van der Waals surface area contributed by atoms with Crippen molar-refractivity contribution < 1.29 is 27.5 Å². The molecule has 0 radical (unpaired) electrons. The predicted molar refractivity (Wildman–Crippen MR) is 148 cm³/mol. The normalized spacial score (nSPS) is 13.7. The van der Waals surface area contributed by atoms with Crippen LogP contribution in [0.4, 0.5) is 5.69 Å². The van der Waals surface area contributed by atoms with E-state index in [1.54, 1.807) is 65.6 Å². The lowest BCUT2D eigenvalue weighted by Crippen LogP contribution is -2.42. The fraction of sp³-hybridized carbons (Fsp3) is 0.250. The van der Waals surface area contributed by atoms with E-state index in [4.69, 9.17) is 9.47 Å². The van der Waals surface area contributed by atoms with Crippen LogP contribution in [0.1, 0.15) is 21.5 Å². The molecule has 0 saturated carbocycles. The van der Waals surface area contributed by atoms with E-state index in [2.05, 4.69) is 10.5 Å². The second-order valence-electron chi connectivity index (χ2n) is 8.88. The first kappa shape index (κ1) is 27.8. The van der Waals surface area contributed by atoms with Crippen LogP contribution in [0.3, 0.4) is 0 Å². The summed E-state index contributed by atoms with van der Waals surface area (Å²) in [5.74, 6) is 0.0230. The van der Waals surface area contributed by atoms with Gasteiger partial charge in [0, 0.05) is 25.7 Å². The number of benzene rings is 3. The van der Waals surface area contributed by atoms with Crippen LogP contribution in [0.25, 0.3) is 0 Å². The van der Waals surface area contributed by atoms with Gasteiger partial charge in [-0.1, -0.05) is 17.7 Å². The Hall–Kier alpha value is -4.22. The molecule has 3 aromatic carbocycles. The molecule has 1 fully saturated rings. The molecule has 1 aliphatic heterocycles. The number of anilines is 1. The van der Waals surface area contributed by atoms with Crippen molar-refractivity contribution in [1.29, 1.82) is 0 Å². The lowest BCUT2D eigenvalue weighted by Gasteiger charge is -2.26. The van der Waals surface area contributed by atoms with Gasteiger partial charge in [0.1, 0.15) is 5.75 Å². The predicted octanol–water partition coefficient (Wildman–Crippen LogP) is 2.82. The van der Waals surface area contributed by atoms with Crippen molar-refractivity contribution in [3.63, 3.8) is 0 Å². The molecule has 2 amide bonds. The van der Waals surface area contributed by atoms with Gasteiger partial charge in [0.15, 0.2) is 6.61 Å². The molecule has 1 saturated heterocycles. The maximum absolute atomic E-state index is 12.9. The number of morpholine rings is 1. The van der Waals surface area contributed by atoms with Gasteiger partial charge < -0.3 is 14.4 Å². The van der Waals surface area contributed by atoms with Gasteiger partial charge in [-0.05, 0) is 73.2 Å². The molecule has 1 N–H and O–H groups in total. The van der Waals surface area contributed by atoms with E-state index >= 15 is 0 Å². The Morgan fingerprint density at radius 2 is 1.64 bits per heavy atom. The van der Waals surface area contributed by atoms with Crippen molar-refractivity contribution in [2.75, 3.05) is 44.3 Å². The summed E-state index contributed by atoms with van der Waals surface area (Å²) in [6.45, 7) is 4.06. The van der Waals surface area contributed by atoms with Gasteiger partial charge in [-0.25, -0.2) is 13.8 Å². The fourth-order valence-corrected chi connectivity index (χ4v) is 4.95. The van der Waals surface area contributed by atoms with Crippen molar-refractivity contribution in [2.24, 2.45) is 5.10 Å². The van der Waals surface area contributed by atoms with Crippen LogP contribution in [0, 0.1) is 6.92 Å². The molecular weight excluding hydrogens is 520 g/mol. The maximum Gasteiger partial charge on any atom is 0.271 e. The van der Waals surface area contributed by atoms with Crippen molar-refractivity contribution in [3.05, 3.63) is 89.5 Å². The number of sulfonamides is 1. The van der Waals surface area contributed by atoms with E-state index < -0.39 is 15.9 Å². The van der Waals surface area contributed by atoms with E-state index in [1.165, 1.54) is 29.7 Å². The molecule has 0 spiro atoms. The number of rotatable bonds is 9. The molecule has 0 unspecified atom stereocenters. The molecule has 0 atom stereocenters.